The highest BCUT2D eigenvalue weighted by Crippen LogP contribution is 2.47. The molecule has 1 aliphatic heterocycles. The summed E-state index contributed by atoms with van der Waals surface area (Å²) < 4.78 is 25.1. The van der Waals surface area contributed by atoms with Crippen LogP contribution >= 0.6 is 11.3 Å². The molecule has 8 heteroatoms. The molecule has 0 saturated carbocycles. The van der Waals surface area contributed by atoms with E-state index >= 15 is 0 Å². The number of primary amides is 1. The number of rotatable bonds is 6. The average Bonchev–Trinajstić information content (AvgIpc) is 3.15. The number of carbonyl (C=O) groups is 2. The van der Waals surface area contributed by atoms with Gasteiger partial charge >= 0.3 is 0 Å². The molecule has 30 heavy (non-hydrogen) atoms. The molecule has 2 aromatic carbocycles. The van der Waals surface area contributed by atoms with E-state index in [-0.39, 0.29) is 30.7 Å². The number of nitrogens with two attached hydrogens (primary N) is 1. The van der Waals surface area contributed by atoms with Crippen molar-refractivity contribution in [2.24, 2.45) is 5.73 Å². The number of ether oxygens (including phenoxy) is 2. The van der Waals surface area contributed by atoms with Crippen LogP contribution in [0.4, 0.5) is 10.1 Å². The molecule has 4 rings (SSSR count). The Morgan fingerprint density at radius 1 is 1.23 bits per heavy atom. The second kappa shape index (κ2) is 8.16. The summed E-state index contributed by atoms with van der Waals surface area (Å²) in [5.41, 5.74) is 7.74. The Balaban J connectivity index is 1.73. The maximum Gasteiger partial charge on any atom is 0.255 e. The van der Waals surface area contributed by atoms with E-state index in [1.54, 1.807) is 30.3 Å². The lowest BCUT2D eigenvalue weighted by molar-refractivity contribution is -0.120. The molecular formula is C22H19FN2O4S. The van der Waals surface area contributed by atoms with Crippen molar-refractivity contribution in [2.75, 3.05) is 19.0 Å². The van der Waals surface area contributed by atoms with Gasteiger partial charge in [-0.2, -0.15) is 0 Å². The minimum atomic E-state index is -0.589. The first kappa shape index (κ1) is 19.9. The summed E-state index contributed by atoms with van der Waals surface area (Å²) in [5, 5.41) is 4.77. The summed E-state index contributed by atoms with van der Waals surface area (Å²) in [6.07, 6.45) is 0.259. The molecule has 3 aromatic rings. The highest BCUT2D eigenvalue weighted by Gasteiger charge is 2.31. The fraction of sp³-hybridized carbons (Fsp3) is 0.182. The fourth-order valence-electron chi connectivity index (χ4n) is 3.54. The van der Waals surface area contributed by atoms with E-state index in [1.807, 2.05) is 11.4 Å². The van der Waals surface area contributed by atoms with Crippen LogP contribution in [0.2, 0.25) is 0 Å². The van der Waals surface area contributed by atoms with Gasteiger partial charge < -0.3 is 20.5 Å². The predicted molar refractivity (Wildman–Crippen MR) is 112 cm³/mol. The van der Waals surface area contributed by atoms with Gasteiger partial charge in [-0.1, -0.05) is 24.3 Å². The Labute approximate surface area is 176 Å². The van der Waals surface area contributed by atoms with Gasteiger partial charge in [-0.25, -0.2) is 4.39 Å². The zero-order valence-electron chi connectivity index (χ0n) is 16.1. The molecule has 6 nitrogen and oxygen atoms in total. The second-order valence-electron chi connectivity index (χ2n) is 6.84. The van der Waals surface area contributed by atoms with Crippen LogP contribution in [0.25, 0.3) is 11.1 Å². The Morgan fingerprint density at radius 2 is 2.03 bits per heavy atom. The van der Waals surface area contributed by atoms with Gasteiger partial charge in [-0.3, -0.25) is 9.59 Å². The van der Waals surface area contributed by atoms with E-state index < -0.39 is 5.91 Å². The lowest BCUT2D eigenvalue weighted by atomic mass is 9.89. The number of hydrogen-bond donors (Lipinski definition) is 2. The molecule has 1 aliphatic rings. The second-order valence-corrected chi connectivity index (χ2v) is 7.75. The van der Waals surface area contributed by atoms with Gasteiger partial charge in [0, 0.05) is 33.7 Å². The lowest BCUT2D eigenvalue weighted by Gasteiger charge is -2.24. The van der Waals surface area contributed by atoms with E-state index in [0.717, 1.165) is 10.4 Å². The zero-order valence-corrected chi connectivity index (χ0v) is 16.9. The minimum absolute atomic E-state index is 0.142. The van der Waals surface area contributed by atoms with Gasteiger partial charge in [-0.15, -0.1) is 11.3 Å². The monoisotopic (exact) mass is 426 g/mol. The van der Waals surface area contributed by atoms with E-state index in [4.69, 9.17) is 15.2 Å². The molecule has 0 fully saturated rings. The van der Waals surface area contributed by atoms with Crippen molar-refractivity contribution < 1.29 is 23.5 Å². The van der Waals surface area contributed by atoms with Crippen LogP contribution in [-0.2, 0) is 9.59 Å². The fourth-order valence-corrected chi connectivity index (χ4v) is 4.70. The quantitative estimate of drug-likeness (QED) is 0.626. The summed E-state index contributed by atoms with van der Waals surface area (Å²) in [5.74, 6) is -0.457. The largest absolute Gasteiger partial charge is 0.493 e. The molecule has 0 saturated heterocycles. The van der Waals surface area contributed by atoms with Crippen molar-refractivity contribution in [2.45, 2.75) is 12.3 Å². The smallest absolute Gasteiger partial charge is 0.255 e. The molecule has 1 atom stereocenters. The number of benzene rings is 2. The maximum absolute atomic E-state index is 14.3. The molecular weight excluding hydrogens is 407 g/mol. The maximum atomic E-state index is 14.3. The molecule has 154 valence electrons. The number of thiophene rings is 1. The van der Waals surface area contributed by atoms with E-state index in [0.29, 0.717) is 28.3 Å². The molecule has 3 N–H and O–H groups in total. The van der Waals surface area contributed by atoms with Gasteiger partial charge in [-0.05, 0) is 23.8 Å². The molecule has 0 bridgehead atoms. The summed E-state index contributed by atoms with van der Waals surface area (Å²) in [6.45, 7) is -0.261. The van der Waals surface area contributed by atoms with Gasteiger partial charge in [0.25, 0.3) is 5.91 Å². The number of nitrogens with one attached hydrogen (secondary N) is 1. The molecule has 1 aromatic heterocycles. The summed E-state index contributed by atoms with van der Waals surface area (Å²) in [7, 11) is 1.50. The number of anilines is 1. The molecule has 0 spiro atoms. The van der Waals surface area contributed by atoms with Gasteiger partial charge in [0.1, 0.15) is 5.82 Å². The topological polar surface area (TPSA) is 90.7 Å². The highest BCUT2D eigenvalue weighted by molar-refractivity contribution is 7.11. The number of halogens is 1. The number of amides is 2. The van der Waals surface area contributed by atoms with Crippen molar-refractivity contribution in [3.8, 4) is 22.6 Å². The molecule has 2 heterocycles. The number of hydrogen-bond acceptors (Lipinski definition) is 5. The summed E-state index contributed by atoms with van der Waals surface area (Å²) in [6, 6.07) is 11.8. The minimum Gasteiger partial charge on any atom is -0.493 e. The number of fused-ring (bicyclic) bond motifs is 1. The van der Waals surface area contributed by atoms with Crippen LogP contribution < -0.4 is 20.5 Å². The molecule has 2 amide bonds. The van der Waals surface area contributed by atoms with Gasteiger partial charge in [0.15, 0.2) is 18.1 Å². The Bertz CT molecular complexity index is 1130. The average molecular weight is 426 g/mol. The number of methoxy groups -OCH3 is 1. The van der Waals surface area contributed by atoms with Crippen LogP contribution in [0.1, 0.15) is 22.8 Å². The van der Waals surface area contributed by atoms with Crippen LogP contribution in [0.15, 0.2) is 47.8 Å². The first-order chi connectivity index (χ1) is 14.5. The van der Waals surface area contributed by atoms with Gasteiger partial charge in [0.2, 0.25) is 5.91 Å². The highest BCUT2D eigenvalue weighted by atomic mass is 32.1. The number of carbonyl (C=O) groups excluding carboxylic acids is 2. The van der Waals surface area contributed by atoms with Crippen LogP contribution in [0.3, 0.4) is 0 Å². The first-order valence-electron chi connectivity index (χ1n) is 9.23. The van der Waals surface area contributed by atoms with E-state index in [1.165, 1.54) is 24.5 Å². The standard InChI is InChI=1S/C22H19FN2O4S/c1-28-18-8-12(6-7-17(18)29-10-19(24)26)14-9-20(27)25-21-15(11-30-22(14)21)13-4-2-3-5-16(13)23/h2-8,11,14H,9-10H2,1H3,(H2,24,26)(H,25,27). The van der Waals surface area contributed by atoms with E-state index in [9.17, 15) is 14.0 Å². The SMILES string of the molecule is COc1cc(C2CC(=O)Nc3c(-c4ccccc4F)csc32)ccc1OCC(N)=O. The van der Waals surface area contributed by atoms with Crippen molar-refractivity contribution in [3.05, 3.63) is 64.1 Å². The lowest BCUT2D eigenvalue weighted by Crippen LogP contribution is -2.22. The van der Waals surface area contributed by atoms with Crippen LogP contribution in [-0.4, -0.2) is 25.5 Å². The molecule has 0 aliphatic carbocycles. The third-order valence-corrected chi connectivity index (χ3v) is 6.01. The Hall–Kier alpha value is -3.39. The van der Waals surface area contributed by atoms with Crippen molar-refractivity contribution >= 4 is 28.8 Å². The van der Waals surface area contributed by atoms with Crippen LogP contribution in [0, 0.1) is 5.82 Å². The first-order valence-corrected chi connectivity index (χ1v) is 10.1. The Morgan fingerprint density at radius 3 is 2.77 bits per heavy atom. The predicted octanol–water partition coefficient (Wildman–Crippen LogP) is 3.90. The third-order valence-electron chi connectivity index (χ3n) is 4.91. The summed E-state index contributed by atoms with van der Waals surface area (Å²) in [4.78, 5) is 24.4. The zero-order chi connectivity index (χ0) is 21.3. The Kier molecular flexibility index (Phi) is 5.41. The van der Waals surface area contributed by atoms with Crippen LogP contribution in [0.5, 0.6) is 11.5 Å². The third kappa shape index (κ3) is 3.73. The van der Waals surface area contributed by atoms with Crippen molar-refractivity contribution in [3.63, 3.8) is 0 Å². The molecule has 0 radical (unpaired) electrons. The summed E-state index contributed by atoms with van der Waals surface area (Å²) >= 11 is 1.48. The van der Waals surface area contributed by atoms with Crippen molar-refractivity contribution in [1.29, 1.82) is 0 Å². The molecule has 1 unspecified atom stereocenters. The van der Waals surface area contributed by atoms with Crippen molar-refractivity contribution in [1.82, 2.24) is 0 Å². The van der Waals surface area contributed by atoms with Gasteiger partial charge in [0.05, 0.1) is 12.8 Å². The normalized spacial score (nSPS) is 15.3. The van der Waals surface area contributed by atoms with E-state index in [2.05, 4.69) is 5.32 Å².